The molecule has 5 heteroatoms. The molecule has 0 amide bonds. The average Bonchev–Trinajstić information content (AvgIpc) is 2.46. The SMILES string of the molecule is CN[C@]1([C@H](O)CO)CCOC1=O. The number of rotatable bonds is 3. The van der Waals surface area contributed by atoms with E-state index in [9.17, 15) is 9.90 Å². The molecule has 0 aliphatic carbocycles. The minimum atomic E-state index is -1.10. The Kier molecular flexibility index (Phi) is 2.66. The first kappa shape index (κ1) is 9.44. The van der Waals surface area contributed by atoms with E-state index in [1.54, 1.807) is 7.05 Å². The van der Waals surface area contributed by atoms with Crippen LogP contribution in [0.4, 0.5) is 0 Å². The number of aliphatic hydroxyl groups excluding tert-OH is 2. The fourth-order valence-corrected chi connectivity index (χ4v) is 1.39. The third-order valence-corrected chi connectivity index (χ3v) is 2.28. The topological polar surface area (TPSA) is 78.8 Å². The standard InChI is InChI=1S/C7H13NO4/c1-8-7(5(10)4-9)2-3-12-6(7)11/h5,8-10H,2-4H2,1H3/t5-,7+/m1/s1. The Balaban J connectivity index is 2.80. The summed E-state index contributed by atoms with van der Waals surface area (Å²) in [6.07, 6.45) is -0.707. The number of carbonyl (C=O) groups excluding carboxylic acids is 1. The second kappa shape index (κ2) is 3.38. The van der Waals surface area contributed by atoms with Gasteiger partial charge in [0.25, 0.3) is 0 Å². The van der Waals surface area contributed by atoms with Crippen LogP contribution in [0.15, 0.2) is 0 Å². The maximum absolute atomic E-state index is 11.2. The number of likely N-dealkylation sites (N-methyl/N-ethyl adjacent to an activating group) is 1. The van der Waals surface area contributed by atoms with E-state index >= 15 is 0 Å². The highest BCUT2D eigenvalue weighted by Crippen LogP contribution is 2.23. The lowest BCUT2D eigenvalue weighted by Gasteiger charge is -2.28. The van der Waals surface area contributed by atoms with Crippen molar-refractivity contribution < 1.29 is 19.7 Å². The zero-order valence-electron chi connectivity index (χ0n) is 6.91. The van der Waals surface area contributed by atoms with Crippen molar-refractivity contribution >= 4 is 5.97 Å². The van der Waals surface area contributed by atoms with Crippen LogP contribution >= 0.6 is 0 Å². The van der Waals surface area contributed by atoms with Gasteiger partial charge in [0.15, 0.2) is 0 Å². The number of nitrogens with one attached hydrogen (secondary N) is 1. The number of cyclic esters (lactones) is 1. The second-order valence-corrected chi connectivity index (χ2v) is 2.81. The van der Waals surface area contributed by atoms with Crippen LogP contribution in [-0.4, -0.2) is 48.1 Å². The summed E-state index contributed by atoms with van der Waals surface area (Å²) < 4.78 is 4.71. The fourth-order valence-electron chi connectivity index (χ4n) is 1.39. The molecule has 0 spiro atoms. The van der Waals surface area contributed by atoms with Gasteiger partial charge in [-0.3, -0.25) is 0 Å². The van der Waals surface area contributed by atoms with Gasteiger partial charge in [0.1, 0.15) is 11.6 Å². The molecular weight excluding hydrogens is 162 g/mol. The highest BCUT2D eigenvalue weighted by molar-refractivity contribution is 5.83. The number of hydrogen-bond donors (Lipinski definition) is 3. The summed E-state index contributed by atoms with van der Waals surface area (Å²) in [4.78, 5) is 11.2. The molecule has 0 unspecified atom stereocenters. The predicted molar refractivity (Wildman–Crippen MR) is 40.5 cm³/mol. The summed E-state index contributed by atoms with van der Waals surface area (Å²) in [5.74, 6) is -0.494. The average molecular weight is 175 g/mol. The lowest BCUT2D eigenvalue weighted by Crippen LogP contribution is -2.57. The van der Waals surface area contributed by atoms with Crippen LogP contribution in [-0.2, 0) is 9.53 Å². The lowest BCUT2D eigenvalue weighted by molar-refractivity contribution is -0.148. The molecule has 1 aliphatic rings. The monoisotopic (exact) mass is 175 g/mol. The molecule has 0 aromatic carbocycles. The van der Waals surface area contributed by atoms with Crippen LogP contribution in [0.2, 0.25) is 0 Å². The van der Waals surface area contributed by atoms with Crippen molar-refractivity contribution in [3.8, 4) is 0 Å². The molecule has 12 heavy (non-hydrogen) atoms. The lowest BCUT2D eigenvalue weighted by atomic mass is 9.91. The Bertz CT molecular complexity index is 184. The molecule has 0 radical (unpaired) electrons. The molecule has 0 aromatic rings. The van der Waals surface area contributed by atoms with Gasteiger partial charge in [-0.15, -0.1) is 0 Å². The summed E-state index contributed by atoms with van der Waals surface area (Å²) in [7, 11) is 1.56. The molecule has 3 N–H and O–H groups in total. The van der Waals surface area contributed by atoms with Crippen molar-refractivity contribution in [1.82, 2.24) is 5.32 Å². The summed E-state index contributed by atoms with van der Waals surface area (Å²) >= 11 is 0. The first-order valence-corrected chi connectivity index (χ1v) is 3.82. The maximum atomic E-state index is 11.2. The van der Waals surface area contributed by atoms with Crippen molar-refractivity contribution in [2.45, 2.75) is 18.1 Å². The molecule has 1 rings (SSSR count). The van der Waals surface area contributed by atoms with Gasteiger partial charge in [0.05, 0.1) is 13.2 Å². The van der Waals surface area contributed by atoms with Crippen LogP contribution in [0, 0.1) is 0 Å². The van der Waals surface area contributed by atoms with Gasteiger partial charge in [-0.05, 0) is 7.05 Å². The first-order chi connectivity index (χ1) is 5.67. The zero-order chi connectivity index (χ0) is 9.19. The van der Waals surface area contributed by atoms with E-state index in [2.05, 4.69) is 5.32 Å². The Morgan fingerprint density at radius 1 is 1.83 bits per heavy atom. The molecule has 70 valence electrons. The summed E-state index contributed by atoms with van der Waals surface area (Å²) in [6, 6.07) is 0. The Morgan fingerprint density at radius 3 is 2.83 bits per heavy atom. The first-order valence-electron chi connectivity index (χ1n) is 3.82. The number of aliphatic hydroxyl groups is 2. The fraction of sp³-hybridized carbons (Fsp3) is 0.857. The third-order valence-electron chi connectivity index (χ3n) is 2.28. The van der Waals surface area contributed by atoms with Gasteiger partial charge >= 0.3 is 5.97 Å². The van der Waals surface area contributed by atoms with E-state index in [4.69, 9.17) is 9.84 Å². The number of hydrogen-bond acceptors (Lipinski definition) is 5. The number of carbonyl (C=O) groups is 1. The molecule has 1 fully saturated rings. The number of esters is 1. The van der Waals surface area contributed by atoms with E-state index in [1.165, 1.54) is 0 Å². The van der Waals surface area contributed by atoms with Crippen molar-refractivity contribution in [2.24, 2.45) is 0 Å². The molecule has 5 nitrogen and oxygen atoms in total. The van der Waals surface area contributed by atoms with Gasteiger partial charge in [-0.25, -0.2) is 4.79 Å². The maximum Gasteiger partial charge on any atom is 0.329 e. The highest BCUT2D eigenvalue weighted by atomic mass is 16.5. The van der Waals surface area contributed by atoms with Gasteiger partial charge in [-0.1, -0.05) is 0 Å². The second-order valence-electron chi connectivity index (χ2n) is 2.81. The van der Waals surface area contributed by atoms with Crippen molar-refractivity contribution in [3.05, 3.63) is 0 Å². The van der Waals surface area contributed by atoms with Crippen LogP contribution in [0.25, 0.3) is 0 Å². The van der Waals surface area contributed by atoms with E-state index < -0.39 is 24.2 Å². The van der Waals surface area contributed by atoms with Crippen LogP contribution < -0.4 is 5.32 Å². The quantitative estimate of drug-likeness (QED) is 0.443. The molecule has 1 heterocycles. The molecule has 0 saturated carbocycles. The normalized spacial score (nSPS) is 31.8. The molecular formula is C7H13NO4. The van der Waals surface area contributed by atoms with Gasteiger partial charge in [0.2, 0.25) is 0 Å². The predicted octanol–water partition coefficient (Wildman–Crippen LogP) is -1.76. The van der Waals surface area contributed by atoms with Gasteiger partial charge in [-0.2, -0.15) is 0 Å². The van der Waals surface area contributed by atoms with E-state index in [-0.39, 0.29) is 6.61 Å². The molecule has 1 saturated heterocycles. The van der Waals surface area contributed by atoms with Crippen LogP contribution in [0.1, 0.15) is 6.42 Å². The largest absolute Gasteiger partial charge is 0.464 e. The van der Waals surface area contributed by atoms with Crippen molar-refractivity contribution in [2.75, 3.05) is 20.3 Å². The Hall–Kier alpha value is -0.650. The molecule has 1 aliphatic heterocycles. The van der Waals surface area contributed by atoms with E-state index in [1.807, 2.05) is 0 Å². The van der Waals surface area contributed by atoms with Crippen LogP contribution in [0.3, 0.4) is 0 Å². The number of ether oxygens (including phenoxy) is 1. The minimum absolute atomic E-state index is 0.288. The summed E-state index contributed by atoms with van der Waals surface area (Å²) in [5.41, 5.74) is -1.10. The highest BCUT2D eigenvalue weighted by Gasteiger charge is 2.48. The van der Waals surface area contributed by atoms with Crippen molar-refractivity contribution in [1.29, 1.82) is 0 Å². The van der Waals surface area contributed by atoms with Gasteiger partial charge in [0, 0.05) is 6.42 Å². The van der Waals surface area contributed by atoms with Crippen LogP contribution in [0.5, 0.6) is 0 Å². The molecule has 2 atom stereocenters. The minimum Gasteiger partial charge on any atom is -0.464 e. The molecule has 0 aromatic heterocycles. The smallest absolute Gasteiger partial charge is 0.329 e. The summed E-state index contributed by atoms with van der Waals surface area (Å²) in [6.45, 7) is -0.160. The van der Waals surface area contributed by atoms with Crippen molar-refractivity contribution in [3.63, 3.8) is 0 Å². The van der Waals surface area contributed by atoms with E-state index in [0.717, 1.165) is 0 Å². The Labute approximate surface area is 70.3 Å². The Morgan fingerprint density at radius 2 is 2.50 bits per heavy atom. The molecule has 0 bridgehead atoms. The van der Waals surface area contributed by atoms with Gasteiger partial charge < -0.3 is 20.3 Å². The zero-order valence-corrected chi connectivity index (χ0v) is 6.91. The van der Waals surface area contributed by atoms with E-state index in [0.29, 0.717) is 6.42 Å². The third kappa shape index (κ3) is 1.20. The summed E-state index contributed by atoms with van der Waals surface area (Å²) in [5, 5.41) is 20.8.